The molecule has 0 N–H and O–H groups in total. The molecule has 29 heavy (non-hydrogen) atoms. The average Bonchev–Trinajstić information content (AvgIpc) is 3.14. The molecule has 5 heteroatoms. The van der Waals surface area contributed by atoms with Gasteiger partial charge in [-0.3, -0.25) is 14.8 Å². The van der Waals surface area contributed by atoms with Crippen molar-refractivity contribution in [3.63, 3.8) is 0 Å². The second kappa shape index (κ2) is 9.70. The van der Waals surface area contributed by atoms with Crippen molar-refractivity contribution in [3.8, 4) is 5.75 Å². The van der Waals surface area contributed by atoms with E-state index >= 15 is 0 Å². The van der Waals surface area contributed by atoms with E-state index in [9.17, 15) is 0 Å². The molecule has 1 aromatic heterocycles. The lowest BCUT2D eigenvalue weighted by Gasteiger charge is -2.38. The van der Waals surface area contributed by atoms with Crippen molar-refractivity contribution in [1.82, 2.24) is 14.8 Å². The predicted molar refractivity (Wildman–Crippen MR) is 115 cm³/mol. The summed E-state index contributed by atoms with van der Waals surface area (Å²) in [4.78, 5) is 9.54. The van der Waals surface area contributed by atoms with E-state index < -0.39 is 0 Å². The molecule has 0 radical (unpaired) electrons. The molecule has 3 atom stereocenters. The Kier molecular flexibility index (Phi) is 6.80. The standard InChI is InChI=1S/C24H33N3O2/c1-19-14-26(15-20(2)29-19)17-23-7-5-13-27(23)16-21-8-10-24(11-9-21)28-18-22-6-3-4-12-25-22/h3-4,6,8-12,19-20,23H,5,7,13-18H2,1-2H3. The molecule has 156 valence electrons. The summed E-state index contributed by atoms with van der Waals surface area (Å²) >= 11 is 0. The van der Waals surface area contributed by atoms with E-state index in [4.69, 9.17) is 9.47 Å². The maximum Gasteiger partial charge on any atom is 0.130 e. The third-order valence-corrected chi connectivity index (χ3v) is 5.89. The van der Waals surface area contributed by atoms with Gasteiger partial charge in [0.05, 0.1) is 17.9 Å². The maximum absolute atomic E-state index is 5.89. The Morgan fingerprint density at radius 2 is 1.86 bits per heavy atom. The Hall–Kier alpha value is -1.95. The highest BCUT2D eigenvalue weighted by molar-refractivity contribution is 5.27. The molecule has 2 aliphatic heterocycles. The van der Waals surface area contributed by atoms with Gasteiger partial charge in [-0.25, -0.2) is 0 Å². The number of likely N-dealkylation sites (tertiary alicyclic amines) is 1. The molecular formula is C24H33N3O2. The highest BCUT2D eigenvalue weighted by Crippen LogP contribution is 2.23. The molecule has 5 nitrogen and oxygen atoms in total. The second-order valence-electron chi connectivity index (χ2n) is 8.50. The quantitative estimate of drug-likeness (QED) is 0.714. The number of pyridine rings is 1. The van der Waals surface area contributed by atoms with Crippen molar-refractivity contribution in [2.75, 3.05) is 26.2 Å². The van der Waals surface area contributed by atoms with Gasteiger partial charge in [0.25, 0.3) is 0 Å². The van der Waals surface area contributed by atoms with E-state index in [0.29, 0.717) is 24.9 Å². The second-order valence-corrected chi connectivity index (χ2v) is 8.50. The molecule has 2 saturated heterocycles. The molecule has 0 bridgehead atoms. The predicted octanol–water partition coefficient (Wildman–Crippen LogP) is 3.73. The highest BCUT2D eigenvalue weighted by Gasteiger charge is 2.29. The van der Waals surface area contributed by atoms with Gasteiger partial charge in [0.15, 0.2) is 0 Å². The first-order valence-electron chi connectivity index (χ1n) is 10.9. The minimum Gasteiger partial charge on any atom is -0.487 e. The van der Waals surface area contributed by atoms with Crippen LogP contribution in [0.15, 0.2) is 48.7 Å². The molecule has 2 aliphatic rings. The zero-order valence-electron chi connectivity index (χ0n) is 17.7. The maximum atomic E-state index is 5.89. The molecule has 2 fully saturated rings. The summed E-state index contributed by atoms with van der Waals surface area (Å²) < 4.78 is 11.8. The average molecular weight is 396 g/mol. The zero-order chi connectivity index (χ0) is 20.1. The van der Waals surface area contributed by atoms with Crippen LogP contribution in [0.5, 0.6) is 5.75 Å². The van der Waals surface area contributed by atoms with Crippen molar-refractivity contribution in [2.24, 2.45) is 0 Å². The Balaban J connectivity index is 1.28. The van der Waals surface area contributed by atoms with Crippen LogP contribution in [-0.2, 0) is 17.9 Å². The number of aromatic nitrogens is 1. The lowest BCUT2D eigenvalue weighted by Crippen LogP contribution is -2.50. The molecule has 3 unspecified atom stereocenters. The number of benzene rings is 1. The Morgan fingerprint density at radius 3 is 2.59 bits per heavy atom. The van der Waals surface area contributed by atoms with Gasteiger partial charge in [-0.15, -0.1) is 0 Å². The summed E-state index contributed by atoms with van der Waals surface area (Å²) in [5.41, 5.74) is 2.30. The van der Waals surface area contributed by atoms with Gasteiger partial charge in [-0.2, -0.15) is 0 Å². The molecule has 0 aliphatic carbocycles. The Morgan fingerprint density at radius 1 is 1.07 bits per heavy atom. The SMILES string of the molecule is CC1CN(CC2CCCN2Cc2ccc(OCc3ccccn3)cc2)CC(C)O1. The molecule has 0 spiro atoms. The van der Waals surface area contributed by atoms with E-state index in [1.165, 1.54) is 24.9 Å². The fraction of sp³-hybridized carbons (Fsp3) is 0.542. The molecule has 3 heterocycles. The summed E-state index contributed by atoms with van der Waals surface area (Å²) in [7, 11) is 0. The van der Waals surface area contributed by atoms with E-state index in [1.54, 1.807) is 6.20 Å². The van der Waals surface area contributed by atoms with Gasteiger partial charge < -0.3 is 9.47 Å². The molecular weight excluding hydrogens is 362 g/mol. The van der Waals surface area contributed by atoms with Crippen LogP contribution in [0.4, 0.5) is 0 Å². The fourth-order valence-corrected chi connectivity index (χ4v) is 4.61. The van der Waals surface area contributed by atoms with Crippen molar-refractivity contribution in [3.05, 3.63) is 59.9 Å². The van der Waals surface area contributed by atoms with E-state index in [1.807, 2.05) is 18.2 Å². The fourth-order valence-electron chi connectivity index (χ4n) is 4.61. The summed E-state index contributed by atoms with van der Waals surface area (Å²) in [6, 6.07) is 15.1. The van der Waals surface area contributed by atoms with Crippen LogP contribution in [0.2, 0.25) is 0 Å². The van der Waals surface area contributed by atoms with Crippen LogP contribution in [0.1, 0.15) is 37.9 Å². The third kappa shape index (κ3) is 5.78. The van der Waals surface area contributed by atoms with E-state index in [-0.39, 0.29) is 0 Å². The van der Waals surface area contributed by atoms with Gasteiger partial charge in [0.1, 0.15) is 12.4 Å². The van der Waals surface area contributed by atoms with Gasteiger partial charge in [-0.05, 0) is 63.1 Å². The van der Waals surface area contributed by atoms with Crippen LogP contribution >= 0.6 is 0 Å². The van der Waals surface area contributed by atoms with Crippen LogP contribution in [0.3, 0.4) is 0 Å². The van der Waals surface area contributed by atoms with Gasteiger partial charge in [-0.1, -0.05) is 18.2 Å². The Labute approximate surface area is 174 Å². The Bertz CT molecular complexity index is 742. The molecule has 1 aromatic carbocycles. The van der Waals surface area contributed by atoms with Crippen molar-refractivity contribution >= 4 is 0 Å². The first-order valence-corrected chi connectivity index (χ1v) is 10.9. The summed E-state index contributed by atoms with van der Waals surface area (Å²) in [6.45, 7) is 10.3. The minimum atomic E-state index is 0.340. The first-order chi connectivity index (χ1) is 14.2. The largest absolute Gasteiger partial charge is 0.487 e. The molecule has 0 amide bonds. The highest BCUT2D eigenvalue weighted by atomic mass is 16.5. The number of rotatable bonds is 7. The lowest BCUT2D eigenvalue weighted by molar-refractivity contribution is -0.0724. The number of morpholine rings is 1. The summed E-state index contributed by atoms with van der Waals surface area (Å²) in [5, 5.41) is 0. The zero-order valence-corrected chi connectivity index (χ0v) is 17.7. The van der Waals surface area contributed by atoms with Gasteiger partial charge in [0.2, 0.25) is 0 Å². The van der Waals surface area contributed by atoms with Crippen LogP contribution in [0, 0.1) is 0 Å². The van der Waals surface area contributed by atoms with Crippen molar-refractivity contribution in [2.45, 2.75) is 58.1 Å². The number of hydrogen-bond acceptors (Lipinski definition) is 5. The van der Waals surface area contributed by atoms with Crippen molar-refractivity contribution < 1.29 is 9.47 Å². The topological polar surface area (TPSA) is 37.8 Å². The smallest absolute Gasteiger partial charge is 0.130 e. The summed E-state index contributed by atoms with van der Waals surface area (Å²) in [6.07, 6.45) is 5.07. The van der Waals surface area contributed by atoms with Crippen molar-refractivity contribution in [1.29, 1.82) is 0 Å². The van der Waals surface area contributed by atoms with E-state index in [0.717, 1.165) is 37.6 Å². The first kappa shape index (κ1) is 20.3. The molecule has 0 saturated carbocycles. The van der Waals surface area contributed by atoms with E-state index in [2.05, 4.69) is 52.9 Å². The monoisotopic (exact) mass is 395 g/mol. The number of ether oxygens (including phenoxy) is 2. The molecule has 2 aromatic rings. The summed E-state index contributed by atoms with van der Waals surface area (Å²) in [5.74, 6) is 0.897. The number of nitrogens with zero attached hydrogens (tertiary/aromatic N) is 3. The van der Waals surface area contributed by atoms with Gasteiger partial charge >= 0.3 is 0 Å². The van der Waals surface area contributed by atoms with Crippen LogP contribution in [0.25, 0.3) is 0 Å². The number of hydrogen-bond donors (Lipinski definition) is 0. The third-order valence-electron chi connectivity index (χ3n) is 5.89. The van der Waals surface area contributed by atoms with Crippen LogP contribution < -0.4 is 4.74 Å². The minimum absolute atomic E-state index is 0.340. The molecule has 4 rings (SSSR count). The normalized spacial score (nSPS) is 25.9. The van der Waals surface area contributed by atoms with Gasteiger partial charge in [0, 0.05) is 38.4 Å². The van der Waals surface area contributed by atoms with Crippen LogP contribution in [-0.4, -0.2) is 59.2 Å². The lowest BCUT2D eigenvalue weighted by atomic mass is 10.1.